The molecule has 9 heteroatoms. The lowest BCUT2D eigenvalue weighted by molar-refractivity contribution is -0.137. The van der Waals surface area contributed by atoms with Crippen molar-refractivity contribution in [2.75, 3.05) is 26.7 Å². The van der Waals surface area contributed by atoms with Crippen molar-refractivity contribution in [1.82, 2.24) is 10.2 Å². The number of carbonyl (C=O) groups excluding carboxylic acids is 2. The molecule has 0 unspecified atom stereocenters. The number of carbonyl (C=O) groups is 2. The van der Waals surface area contributed by atoms with Gasteiger partial charge in [-0.05, 0) is 30.7 Å². The summed E-state index contributed by atoms with van der Waals surface area (Å²) in [7, 11) is 1.47. The van der Waals surface area contributed by atoms with Gasteiger partial charge >= 0.3 is 6.18 Å². The van der Waals surface area contributed by atoms with Gasteiger partial charge in [0.05, 0.1) is 24.3 Å². The highest BCUT2D eigenvalue weighted by atomic mass is 19.4. The average Bonchev–Trinajstić information content (AvgIpc) is 2.81. The van der Waals surface area contributed by atoms with Crippen LogP contribution >= 0.6 is 0 Å². The molecular weight excluding hydrogens is 341 g/mol. The number of nitrogens with one attached hydrogen (secondary N) is 1. The molecule has 1 aromatic rings. The molecule has 0 spiro atoms. The van der Waals surface area contributed by atoms with E-state index in [0.717, 1.165) is 12.1 Å². The minimum absolute atomic E-state index is 0.0103. The molecule has 1 aliphatic heterocycles. The number of ether oxygens (including phenoxy) is 1. The molecule has 0 aromatic heterocycles. The topological polar surface area (TPSA) is 78.9 Å². The minimum Gasteiger partial charge on any atom is -0.503 e. The highest BCUT2D eigenvalue weighted by Gasteiger charge is 2.31. The molecular formula is C16H17F3N2O4. The van der Waals surface area contributed by atoms with Gasteiger partial charge in [-0.25, -0.2) is 0 Å². The maximum atomic E-state index is 12.4. The molecule has 0 fully saturated rings. The van der Waals surface area contributed by atoms with Crippen molar-refractivity contribution in [3.63, 3.8) is 0 Å². The number of nitrogens with zero attached hydrogens (tertiary/aromatic N) is 1. The summed E-state index contributed by atoms with van der Waals surface area (Å²) in [5, 5.41) is 12.1. The second-order valence-corrected chi connectivity index (χ2v) is 5.47. The van der Waals surface area contributed by atoms with Crippen LogP contribution in [0.4, 0.5) is 13.2 Å². The first kappa shape index (κ1) is 18.6. The van der Waals surface area contributed by atoms with E-state index in [0.29, 0.717) is 12.2 Å². The number of alkyl halides is 3. The zero-order valence-corrected chi connectivity index (χ0v) is 13.4. The van der Waals surface area contributed by atoms with Crippen LogP contribution in [-0.2, 0) is 15.8 Å². The maximum absolute atomic E-state index is 12.4. The first-order valence-electron chi connectivity index (χ1n) is 7.46. The Balaban J connectivity index is 1.72. The summed E-state index contributed by atoms with van der Waals surface area (Å²) in [5.74, 6) is -1.40. The smallest absolute Gasteiger partial charge is 0.416 e. The van der Waals surface area contributed by atoms with Crippen LogP contribution in [-0.4, -0.2) is 48.6 Å². The first-order valence-corrected chi connectivity index (χ1v) is 7.46. The molecule has 136 valence electrons. The van der Waals surface area contributed by atoms with Gasteiger partial charge in [-0.1, -0.05) is 0 Å². The Morgan fingerprint density at radius 2 is 1.96 bits per heavy atom. The van der Waals surface area contributed by atoms with Crippen molar-refractivity contribution in [2.45, 2.75) is 12.6 Å². The molecule has 1 heterocycles. The van der Waals surface area contributed by atoms with E-state index in [1.807, 2.05) is 0 Å². The summed E-state index contributed by atoms with van der Waals surface area (Å²) in [4.78, 5) is 24.5. The van der Waals surface area contributed by atoms with Gasteiger partial charge in [-0.15, -0.1) is 0 Å². The second-order valence-electron chi connectivity index (χ2n) is 5.47. The molecule has 2 rings (SSSR count). The molecule has 0 saturated carbocycles. The van der Waals surface area contributed by atoms with Crippen LogP contribution in [0.3, 0.4) is 0 Å². The fraction of sp³-hybridized carbons (Fsp3) is 0.375. The number of hydrogen-bond donors (Lipinski definition) is 2. The highest BCUT2D eigenvalue weighted by Crippen LogP contribution is 2.30. The predicted octanol–water partition coefficient (Wildman–Crippen LogP) is 1.87. The normalized spacial score (nSPS) is 14.9. The van der Waals surface area contributed by atoms with Crippen molar-refractivity contribution < 1.29 is 32.6 Å². The molecule has 0 bridgehead atoms. The van der Waals surface area contributed by atoms with Gasteiger partial charge < -0.3 is 20.1 Å². The predicted molar refractivity (Wildman–Crippen MR) is 81.9 cm³/mol. The quantitative estimate of drug-likeness (QED) is 0.761. The van der Waals surface area contributed by atoms with Crippen molar-refractivity contribution in [3.8, 4) is 5.75 Å². The summed E-state index contributed by atoms with van der Waals surface area (Å²) in [6, 6.07) is 4.31. The van der Waals surface area contributed by atoms with E-state index >= 15 is 0 Å². The van der Waals surface area contributed by atoms with Crippen molar-refractivity contribution in [1.29, 1.82) is 0 Å². The Labute approximate surface area is 141 Å². The number of aliphatic hydroxyl groups excluding tert-OH is 1. The number of hydrogen-bond acceptors (Lipinski definition) is 4. The Hall–Kier alpha value is -2.71. The second kappa shape index (κ2) is 7.45. The minimum atomic E-state index is -4.39. The van der Waals surface area contributed by atoms with Crippen molar-refractivity contribution >= 4 is 11.8 Å². The first-order chi connectivity index (χ1) is 11.7. The van der Waals surface area contributed by atoms with E-state index in [9.17, 15) is 27.9 Å². The molecule has 0 aliphatic carbocycles. The third-order valence-corrected chi connectivity index (χ3v) is 3.56. The van der Waals surface area contributed by atoms with Gasteiger partial charge in [0, 0.05) is 13.6 Å². The number of amides is 2. The molecule has 1 aliphatic rings. The van der Waals surface area contributed by atoms with Gasteiger partial charge in [0.25, 0.3) is 11.8 Å². The summed E-state index contributed by atoms with van der Waals surface area (Å²) < 4.78 is 42.6. The molecule has 6 nitrogen and oxygen atoms in total. The zero-order valence-electron chi connectivity index (χ0n) is 13.4. The fourth-order valence-electron chi connectivity index (χ4n) is 2.18. The molecule has 2 N–H and O–H groups in total. The van der Waals surface area contributed by atoms with Crippen LogP contribution in [0.2, 0.25) is 0 Å². The van der Waals surface area contributed by atoms with Crippen LogP contribution in [0.25, 0.3) is 0 Å². The van der Waals surface area contributed by atoms with Crippen LogP contribution in [0.5, 0.6) is 5.75 Å². The summed E-state index contributed by atoms with van der Waals surface area (Å²) in [6.45, 7) is 0.461. The van der Waals surface area contributed by atoms with E-state index in [1.165, 1.54) is 24.1 Å². The number of likely N-dealkylation sites (N-methyl/N-ethyl adjacent to an activating group) is 1. The van der Waals surface area contributed by atoms with Gasteiger partial charge in [-0.2, -0.15) is 13.2 Å². The van der Waals surface area contributed by atoms with Crippen LogP contribution < -0.4 is 10.1 Å². The third kappa shape index (κ3) is 4.65. The van der Waals surface area contributed by atoms with Crippen LogP contribution in [0, 0.1) is 0 Å². The van der Waals surface area contributed by atoms with Gasteiger partial charge in [0.15, 0.2) is 5.76 Å². The largest absolute Gasteiger partial charge is 0.503 e. The lowest BCUT2D eigenvalue weighted by atomic mass is 10.2. The SMILES string of the molecule is CN1CC(C(=O)NCCCOc2ccc(C(F)(F)F)cc2)=C(O)C1=O. The van der Waals surface area contributed by atoms with Gasteiger partial charge in [-0.3, -0.25) is 9.59 Å². The van der Waals surface area contributed by atoms with Crippen molar-refractivity contribution in [2.24, 2.45) is 0 Å². The van der Waals surface area contributed by atoms with E-state index in [-0.39, 0.29) is 25.3 Å². The van der Waals surface area contributed by atoms with Crippen LogP contribution in [0.15, 0.2) is 35.6 Å². The maximum Gasteiger partial charge on any atom is 0.416 e. The summed E-state index contributed by atoms with van der Waals surface area (Å²) >= 11 is 0. The Bertz CT molecular complexity index is 684. The lowest BCUT2D eigenvalue weighted by Crippen LogP contribution is -2.29. The van der Waals surface area contributed by atoms with E-state index in [4.69, 9.17) is 4.74 Å². The monoisotopic (exact) mass is 358 g/mol. The highest BCUT2D eigenvalue weighted by molar-refractivity contribution is 6.06. The van der Waals surface area contributed by atoms with Gasteiger partial charge in [0.1, 0.15) is 5.75 Å². The molecule has 0 radical (unpaired) electrons. The fourth-order valence-corrected chi connectivity index (χ4v) is 2.18. The Morgan fingerprint density at radius 3 is 2.48 bits per heavy atom. The third-order valence-electron chi connectivity index (χ3n) is 3.56. The lowest BCUT2D eigenvalue weighted by Gasteiger charge is -2.10. The molecule has 0 atom stereocenters. The number of aliphatic hydroxyl groups is 1. The van der Waals surface area contributed by atoms with Gasteiger partial charge in [0.2, 0.25) is 0 Å². The average molecular weight is 358 g/mol. The van der Waals surface area contributed by atoms with Crippen LogP contribution in [0.1, 0.15) is 12.0 Å². The molecule has 1 aromatic carbocycles. The number of rotatable bonds is 6. The molecule has 0 saturated heterocycles. The van der Waals surface area contributed by atoms with E-state index in [1.54, 1.807) is 0 Å². The number of benzene rings is 1. The van der Waals surface area contributed by atoms with E-state index in [2.05, 4.69) is 5.32 Å². The van der Waals surface area contributed by atoms with Crippen molar-refractivity contribution in [3.05, 3.63) is 41.2 Å². The molecule has 2 amide bonds. The number of halogens is 3. The summed E-state index contributed by atoms with van der Waals surface area (Å²) in [5.41, 5.74) is -0.743. The zero-order chi connectivity index (χ0) is 18.6. The summed E-state index contributed by atoms with van der Waals surface area (Å²) in [6.07, 6.45) is -3.98. The van der Waals surface area contributed by atoms with E-state index < -0.39 is 29.3 Å². The Morgan fingerprint density at radius 1 is 1.32 bits per heavy atom. The Kier molecular flexibility index (Phi) is 5.55. The molecule has 25 heavy (non-hydrogen) atoms. The standard InChI is InChI=1S/C16H17F3N2O4/c1-21-9-12(13(22)15(21)24)14(23)20-7-2-8-25-11-5-3-10(4-6-11)16(17,18)19/h3-6,22H,2,7-9H2,1H3,(H,20,23).